The Hall–Kier alpha value is -5.60. The Morgan fingerprint density at radius 2 is 1.09 bits per heavy atom. The number of benzene rings is 7. The van der Waals surface area contributed by atoms with Gasteiger partial charge in [0.2, 0.25) is 0 Å². The topological polar surface area (TPSA) is 16.4 Å². The molecule has 8 aromatic rings. The van der Waals surface area contributed by atoms with Gasteiger partial charge in [-0.2, -0.15) is 0 Å². The van der Waals surface area contributed by atoms with Crippen LogP contribution in [0.2, 0.25) is 0 Å². The second kappa shape index (κ2) is 9.70. The highest BCUT2D eigenvalue weighted by atomic mass is 16.3. The molecule has 1 aliphatic carbocycles. The van der Waals surface area contributed by atoms with Crippen LogP contribution < -0.4 is 4.90 Å². The maximum atomic E-state index is 6.33. The summed E-state index contributed by atoms with van der Waals surface area (Å²) >= 11 is 0. The van der Waals surface area contributed by atoms with E-state index in [1.54, 1.807) is 0 Å². The lowest BCUT2D eigenvalue weighted by molar-refractivity contribution is 0.660. The highest BCUT2D eigenvalue weighted by Crippen LogP contribution is 2.52. The van der Waals surface area contributed by atoms with Crippen LogP contribution in [0.15, 0.2) is 156 Å². The van der Waals surface area contributed by atoms with E-state index in [0.29, 0.717) is 0 Å². The van der Waals surface area contributed by atoms with Crippen molar-refractivity contribution in [2.75, 3.05) is 4.90 Å². The molecule has 0 fully saturated rings. The molecular formula is C43H31NO. The van der Waals surface area contributed by atoms with Crippen molar-refractivity contribution in [1.82, 2.24) is 0 Å². The summed E-state index contributed by atoms with van der Waals surface area (Å²) in [5, 5.41) is 4.70. The average molecular weight is 578 g/mol. The smallest absolute Gasteiger partial charge is 0.136 e. The fourth-order valence-corrected chi connectivity index (χ4v) is 7.54. The summed E-state index contributed by atoms with van der Waals surface area (Å²) in [7, 11) is 0. The maximum Gasteiger partial charge on any atom is 0.136 e. The Bertz CT molecular complexity index is 2420. The second-order valence-electron chi connectivity index (χ2n) is 12.5. The predicted molar refractivity (Wildman–Crippen MR) is 189 cm³/mol. The van der Waals surface area contributed by atoms with Gasteiger partial charge in [0, 0.05) is 32.8 Å². The fraction of sp³-hybridized carbons (Fsp3) is 0.0698. The lowest BCUT2D eigenvalue weighted by Gasteiger charge is -2.30. The average Bonchev–Trinajstić information content (AvgIpc) is 3.58. The van der Waals surface area contributed by atoms with Crippen LogP contribution in [0, 0.1) is 0 Å². The normalized spacial score (nSPS) is 13.3. The molecule has 45 heavy (non-hydrogen) atoms. The minimum Gasteiger partial charge on any atom is -0.456 e. The molecular weight excluding hydrogens is 546 g/mol. The molecule has 2 nitrogen and oxygen atoms in total. The third-order valence-electron chi connectivity index (χ3n) is 9.67. The number of furan rings is 1. The molecule has 0 bridgehead atoms. The summed E-state index contributed by atoms with van der Waals surface area (Å²) in [6.07, 6.45) is 0. The van der Waals surface area contributed by atoms with E-state index in [4.69, 9.17) is 4.42 Å². The third kappa shape index (κ3) is 3.82. The first-order chi connectivity index (χ1) is 22.1. The molecule has 0 unspecified atom stereocenters. The van der Waals surface area contributed by atoms with E-state index in [0.717, 1.165) is 50.1 Å². The Morgan fingerprint density at radius 3 is 2.00 bits per heavy atom. The van der Waals surface area contributed by atoms with Gasteiger partial charge in [0.25, 0.3) is 0 Å². The van der Waals surface area contributed by atoms with Crippen molar-refractivity contribution in [2.24, 2.45) is 0 Å². The van der Waals surface area contributed by atoms with E-state index in [1.165, 1.54) is 33.0 Å². The Labute approximate surface area is 262 Å². The van der Waals surface area contributed by atoms with E-state index in [1.807, 2.05) is 6.07 Å². The van der Waals surface area contributed by atoms with Gasteiger partial charge < -0.3 is 9.32 Å². The Morgan fingerprint density at radius 1 is 0.467 bits per heavy atom. The van der Waals surface area contributed by atoms with E-state index in [9.17, 15) is 0 Å². The van der Waals surface area contributed by atoms with Gasteiger partial charge in [0.15, 0.2) is 0 Å². The van der Waals surface area contributed by atoms with Crippen molar-refractivity contribution < 1.29 is 4.42 Å². The number of anilines is 3. The first kappa shape index (κ1) is 25.9. The number of hydrogen-bond acceptors (Lipinski definition) is 2. The van der Waals surface area contributed by atoms with E-state index >= 15 is 0 Å². The summed E-state index contributed by atoms with van der Waals surface area (Å²) in [5.41, 5.74) is 12.8. The summed E-state index contributed by atoms with van der Waals surface area (Å²) in [4.78, 5) is 2.46. The predicted octanol–water partition coefficient (Wildman–Crippen LogP) is 12.2. The standard InChI is InChI=1S/C43H31NO/c1-43(2)36-20-8-5-16-31(36)32-26-25-29(27-37(32)43)44(38-22-11-14-28-13-3-4-15-30(28)38)39-21-9-6-17-33(39)34-19-12-24-41-42(34)35-18-7-10-23-40(35)45-41/h3-27H,1-2H3. The molecule has 0 saturated carbocycles. The van der Waals surface area contributed by atoms with Crippen LogP contribution in [0.4, 0.5) is 17.1 Å². The molecule has 2 heteroatoms. The molecule has 0 spiro atoms. The van der Waals surface area contributed by atoms with Crippen molar-refractivity contribution in [2.45, 2.75) is 19.3 Å². The van der Waals surface area contributed by atoms with Crippen LogP contribution in [-0.2, 0) is 5.41 Å². The largest absolute Gasteiger partial charge is 0.456 e. The molecule has 0 atom stereocenters. The van der Waals surface area contributed by atoms with Crippen LogP contribution in [0.1, 0.15) is 25.0 Å². The monoisotopic (exact) mass is 577 g/mol. The molecule has 9 rings (SSSR count). The third-order valence-corrected chi connectivity index (χ3v) is 9.67. The van der Waals surface area contributed by atoms with E-state index < -0.39 is 0 Å². The van der Waals surface area contributed by atoms with Crippen molar-refractivity contribution >= 4 is 49.8 Å². The van der Waals surface area contributed by atoms with Gasteiger partial charge in [0.05, 0.1) is 11.4 Å². The lowest BCUT2D eigenvalue weighted by atomic mass is 9.82. The summed E-state index contributed by atoms with van der Waals surface area (Å²) in [6.45, 7) is 4.70. The number of fused-ring (bicyclic) bond motifs is 7. The quantitative estimate of drug-likeness (QED) is 0.207. The molecule has 1 aliphatic rings. The Kier molecular flexibility index (Phi) is 5.58. The van der Waals surface area contributed by atoms with Gasteiger partial charge in [-0.15, -0.1) is 0 Å². The minimum atomic E-state index is -0.104. The first-order valence-corrected chi connectivity index (χ1v) is 15.6. The van der Waals surface area contributed by atoms with Gasteiger partial charge >= 0.3 is 0 Å². The molecule has 0 aliphatic heterocycles. The minimum absolute atomic E-state index is 0.104. The zero-order chi connectivity index (χ0) is 30.1. The van der Waals surface area contributed by atoms with Crippen molar-refractivity contribution in [3.05, 3.63) is 163 Å². The van der Waals surface area contributed by atoms with Gasteiger partial charge in [0.1, 0.15) is 11.2 Å². The zero-order valence-corrected chi connectivity index (χ0v) is 25.3. The number of rotatable bonds is 4. The molecule has 214 valence electrons. The van der Waals surface area contributed by atoms with Crippen LogP contribution >= 0.6 is 0 Å². The van der Waals surface area contributed by atoms with Crippen LogP contribution in [0.5, 0.6) is 0 Å². The van der Waals surface area contributed by atoms with Crippen LogP contribution in [0.3, 0.4) is 0 Å². The molecule has 0 radical (unpaired) electrons. The summed E-state index contributed by atoms with van der Waals surface area (Å²) < 4.78 is 6.33. The van der Waals surface area contributed by atoms with E-state index in [-0.39, 0.29) is 5.41 Å². The zero-order valence-electron chi connectivity index (χ0n) is 25.3. The van der Waals surface area contributed by atoms with E-state index in [2.05, 4.69) is 164 Å². The summed E-state index contributed by atoms with van der Waals surface area (Å²) in [6, 6.07) is 54.7. The second-order valence-corrected chi connectivity index (χ2v) is 12.5. The highest BCUT2D eigenvalue weighted by Gasteiger charge is 2.36. The van der Waals surface area contributed by atoms with Crippen molar-refractivity contribution in [1.29, 1.82) is 0 Å². The van der Waals surface area contributed by atoms with Crippen molar-refractivity contribution in [3.63, 3.8) is 0 Å². The SMILES string of the molecule is CC1(C)c2ccccc2-c2ccc(N(c3ccccc3-c3cccc4oc5ccccc5c34)c3cccc4ccccc34)cc21. The number of nitrogens with zero attached hydrogens (tertiary/aromatic N) is 1. The fourth-order valence-electron chi connectivity index (χ4n) is 7.54. The van der Waals surface area contributed by atoms with Crippen LogP contribution in [-0.4, -0.2) is 0 Å². The first-order valence-electron chi connectivity index (χ1n) is 15.6. The highest BCUT2D eigenvalue weighted by molar-refractivity contribution is 6.14. The molecule has 0 N–H and O–H groups in total. The molecule has 7 aromatic carbocycles. The Balaban J connectivity index is 1.34. The molecule has 1 heterocycles. The lowest BCUT2D eigenvalue weighted by Crippen LogP contribution is -2.17. The molecule has 0 amide bonds. The number of para-hydroxylation sites is 2. The molecule has 1 aromatic heterocycles. The van der Waals surface area contributed by atoms with Crippen molar-refractivity contribution in [3.8, 4) is 22.3 Å². The van der Waals surface area contributed by atoms with Crippen LogP contribution in [0.25, 0.3) is 55.0 Å². The van der Waals surface area contributed by atoms with Gasteiger partial charge in [-0.25, -0.2) is 0 Å². The van der Waals surface area contributed by atoms with Gasteiger partial charge in [-0.1, -0.05) is 129 Å². The number of hydrogen-bond donors (Lipinski definition) is 0. The maximum absolute atomic E-state index is 6.33. The van der Waals surface area contributed by atoms with Gasteiger partial charge in [-0.3, -0.25) is 0 Å². The molecule has 0 saturated heterocycles. The van der Waals surface area contributed by atoms with Gasteiger partial charge in [-0.05, 0) is 69.6 Å². The summed E-state index contributed by atoms with van der Waals surface area (Å²) in [5.74, 6) is 0.